The number of hydrogen-bond acceptors (Lipinski definition) is 6. The summed E-state index contributed by atoms with van der Waals surface area (Å²) < 4.78 is 23.1. The van der Waals surface area contributed by atoms with E-state index in [1.165, 1.54) is 12.1 Å². The third-order valence-corrected chi connectivity index (χ3v) is 6.06. The first-order chi connectivity index (χ1) is 12.3. The van der Waals surface area contributed by atoms with Crippen LogP contribution in [0.3, 0.4) is 0 Å². The Bertz CT molecular complexity index is 865. The van der Waals surface area contributed by atoms with Gasteiger partial charge < -0.3 is 10.6 Å². The second-order valence-corrected chi connectivity index (χ2v) is 8.83. The second-order valence-electron chi connectivity index (χ2n) is 6.81. The molecule has 0 unspecified atom stereocenters. The molecule has 1 saturated carbocycles. The highest BCUT2D eigenvalue weighted by molar-refractivity contribution is 7.90. The minimum atomic E-state index is -3.52. The number of fused-ring (bicyclic) bond motifs is 2. The summed E-state index contributed by atoms with van der Waals surface area (Å²) in [5.74, 6) is 0.890. The lowest BCUT2D eigenvalue weighted by atomic mass is 9.93. The highest BCUT2D eigenvalue weighted by atomic mass is 32.2. The fourth-order valence-electron chi connectivity index (χ4n) is 3.64. The van der Waals surface area contributed by atoms with Crippen molar-refractivity contribution in [2.45, 2.75) is 17.7 Å². The molecule has 0 spiro atoms. The molecule has 8 nitrogen and oxygen atoms in total. The average molecular weight is 379 g/mol. The van der Waals surface area contributed by atoms with Gasteiger partial charge in [0.05, 0.1) is 9.82 Å². The van der Waals surface area contributed by atoms with Crippen LogP contribution in [0.1, 0.15) is 12.8 Å². The van der Waals surface area contributed by atoms with Crippen LogP contribution in [0.25, 0.3) is 0 Å². The number of amides is 1. The van der Waals surface area contributed by atoms with Crippen LogP contribution in [0.15, 0.2) is 35.2 Å². The normalized spacial score (nSPS) is 23.8. The van der Waals surface area contributed by atoms with Gasteiger partial charge in [-0.25, -0.2) is 8.42 Å². The lowest BCUT2D eigenvalue weighted by Gasteiger charge is -2.17. The van der Waals surface area contributed by atoms with Crippen molar-refractivity contribution in [1.29, 1.82) is 0 Å². The molecule has 3 rings (SSSR count). The summed E-state index contributed by atoms with van der Waals surface area (Å²) in [6.45, 7) is 0.642. The Morgan fingerprint density at radius 2 is 2.04 bits per heavy atom. The van der Waals surface area contributed by atoms with Crippen molar-refractivity contribution in [3.8, 4) is 0 Å². The number of nitro groups is 1. The van der Waals surface area contributed by atoms with Crippen LogP contribution in [0.4, 0.5) is 11.4 Å². The third kappa shape index (κ3) is 3.87. The van der Waals surface area contributed by atoms with Gasteiger partial charge in [-0.3, -0.25) is 14.9 Å². The highest BCUT2D eigenvalue weighted by Gasteiger charge is 2.39. The number of anilines is 1. The fraction of sp³-hybridized carbons (Fsp3) is 0.471. The number of rotatable bonds is 7. The van der Waals surface area contributed by atoms with Gasteiger partial charge in [0.25, 0.3) is 5.69 Å². The Morgan fingerprint density at radius 1 is 1.27 bits per heavy atom. The van der Waals surface area contributed by atoms with Crippen LogP contribution in [-0.4, -0.2) is 38.6 Å². The zero-order chi connectivity index (χ0) is 18.9. The lowest BCUT2D eigenvalue weighted by Crippen LogP contribution is -2.35. The van der Waals surface area contributed by atoms with E-state index in [1.807, 2.05) is 0 Å². The highest BCUT2D eigenvalue weighted by Crippen LogP contribution is 2.43. The van der Waals surface area contributed by atoms with Gasteiger partial charge in [-0.05, 0) is 36.8 Å². The van der Waals surface area contributed by atoms with Gasteiger partial charge in [-0.2, -0.15) is 0 Å². The number of allylic oxidation sites excluding steroid dienone is 2. The monoisotopic (exact) mass is 379 g/mol. The minimum absolute atomic E-state index is 0.0191. The SMILES string of the molecule is CS(=O)(=O)c1ccc(NCCNC(=O)[C@@H]2C[C@H]3C=C[C@H]2C3)c([N+](=O)[O-])c1. The molecule has 0 saturated heterocycles. The third-order valence-electron chi connectivity index (χ3n) is 4.95. The number of nitrogens with zero attached hydrogens (tertiary/aromatic N) is 1. The van der Waals surface area contributed by atoms with Crippen molar-refractivity contribution in [1.82, 2.24) is 5.32 Å². The number of carbonyl (C=O) groups excluding carboxylic acids is 1. The zero-order valence-corrected chi connectivity index (χ0v) is 15.2. The molecular formula is C17H21N3O5S. The molecule has 2 bridgehead atoms. The van der Waals surface area contributed by atoms with Crippen LogP contribution >= 0.6 is 0 Å². The first-order valence-corrected chi connectivity index (χ1v) is 10.3. The maximum atomic E-state index is 12.2. The van der Waals surface area contributed by atoms with Crippen molar-refractivity contribution in [2.24, 2.45) is 17.8 Å². The first-order valence-electron chi connectivity index (χ1n) is 8.44. The predicted octanol–water partition coefficient (Wildman–Crippen LogP) is 1.74. The predicted molar refractivity (Wildman–Crippen MR) is 96.5 cm³/mol. The summed E-state index contributed by atoms with van der Waals surface area (Å²) >= 11 is 0. The Morgan fingerprint density at radius 3 is 2.62 bits per heavy atom. The molecule has 3 atom stereocenters. The van der Waals surface area contributed by atoms with E-state index in [0.29, 0.717) is 24.9 Å². The molecule has 1 aromatic rings. The van der Waals surface area contributed by atoms with E-state index in [4.69, 9.17) is 0 Å². The van der Waals surface area contributed by atoms with E-state index in [0.717, 1.165) is 25.2 Å². The standard InChI is InChI=1S/C17H21N3O5S/c1-26(24,25)13-4-5-15(16(10-13)20(22)23)18-6-7-19-17(21)14-9-11-2-3-12(14)8-11/h2-5,10-12,14,18H,6-9H2,1H3,(H,19,21)/t11-,12-,14+/m0/s1. The topological polar surface area (TPSA) is 118 Å². The van der Waals surface area contributed by atoms with Crippen molar-refractivity contribution < 1.29 is 18.1 Å². The van der Waals surface area contributed by atoms with Gasteiger partial charge in [-0.1, -0.05) is 12.2 Å². The molecule has 9 heteroatoms. The van der Waals surface area contributed by atoms with Crippen molar-refractivity contribution in [3.63, 3.8) is 0 Å². The molecule has 26 heavy (non-hydrogen) atoms. The quantitative estimate of drug-likeness (QED) is 0.322. The molecule has 2 aliphatic carbocycles. The van der Waals surface area contributed by atoms with E-state index >= 15 is 0 Å². The van der Waals surface area contributed by atoms with E-state index in [-0.39, 0.29) is 28.1 Å². The second kappa shape index (κ2) is 7.06. The number of nitro benzene ring substituents is 1. The van der Waals surface area contributed by atoms with Gasteiger partial charge >= 0.3 is 0 Å². The molecule has 0 radical (unpaired) electrons. The molecule has 140 valence electrons. The zero-order valence-electron chi connectivity index (χ0n) is 14.3. The molecular weight excluding hydrogens is 358 g/mol. The number of hydrogen-bond donors (Lipinski definition) is 2. The molecule has 1 fully saturated rings. The molecule has 0 aliphatic heterocycles. The molecule has 0 aromatic heterocycles. The maximum absolute atomic E-state index is 12.2. The van der Waals surface area contributed by atoms with Gasteiger partial charge in [0, 0.05) is 31.3 Å². The Balaban J connectivity index is 1.55. The smallest absolute Gasteiger partial charge is 0.293 e. The summed E-state index contributed by atoms with van der Waals surface area (Å²) in [5.41, 5.74) is -0.0861. The van der Waals surface area contributed by atoms with Crippen molar-refractivity contribution >= 4 is 27.1 Å². The average Bonchev–Trinajstić information content (AvgIpc) is 3.20. The van der Waals surface area contributed by atoms with Crippen LogP contribution < -0.4 is 10.6 Å². The Hall–Kier alpha value is -2.42. The van der Waals surface area contributed by atoms with Crippen LogP contribution in [0.2, 0.25) is 0 Å². The molecule has 0 heterocycles. The molecule has 1 amide bonds. The van der Waals surface area contributed by atoms with Crippen LogP contribution in [0, 0.1) is 27.9 Å². The number of nitrogens with one attached hydrogen (secondary N) is 2. The summed E-state index contributed by atoms with van der Waals surface area (Å²) in [6, 6.07) is 3.74. The Labute approximate surface area is 151 Å². The van der Waals surface area contributed by atoms with Crippen molar-refractivity contribution in [3.05, 3.63) is 40.5 Å². The van der Waals surface area contributed by atoms with Gasteiger partial charge in [0.1, 0.15) is 5.69 Å². The lowest BCUT2D eigenvalue weighted by molar-refractivity contribution is -0.384. The van der Waals surface area contributed by atoms with E-state index in [9.17, 15) is 23.3 Å². The van der Waals surface area contributed by atoms with Crippen LogP contribution in [-0.2, 0) is 14.6 Å². The largest absolute Gasteiger partial charge is 0.378 e. The molecule has 2 aliphatic rings. The summed E-state index contributed by atoms with van der Waals surface area (Å²) in [5, 5.41) is 16.9. The number of benzene rings is 1. The maximum Gasteiger partial charge on any atom is 0.293 e. The Kier molecular flexibility index (Phi) is 4.99. The van der Waals surface area contributed by atoms with Gasteiger partial charge in [0.15, 0.2) is 9.84 Å². The van der Waals surface area contributed by atoms with Gasteiger partial charge in [0.2, 0.25) is 5.91 Å². The van der Waals surface area contributed by atoms with Gasteiger partial charge in [-0.15, -0.1) is 0 Å². The number of carbonyl (C=O) groups is 1. The summed E-state index contributed by atoms with van der Waals surface area (Å²) in [7, 11) is -3.52. The summed E-state index contributed by atoms with van der Waals surface area (Å²) in [4.78, 5) is 22.7. The first kappa shape index (κ1) is 18.4. The number of sulfone groups is 1. The van der Waals surface area contributed by atoms with Crippen LogP contribution in [0.5, 0.6) is 0 Å². The fourth-order valence-corrected chi connectivity index (χ4v) is 4.28. The van der Waals surface area contributed by atoms with E-state index < -0.39 is 14.8 Å². The minimum Gasteiger partial charge on any atom is -0.378 e. The van der Waals surface area contributed by atoms with Crippen molar-refractivity contribution in [2.75, 3.05) is 24.7 Å². The molecule has 1 aromatic carbocycles. The molecule has 2 N–H and O–H groups in total. The van der Waals surface area contributed by atoms with E-state index in [2.05, 4.69) is 22.8 Å². The summed E-state index contributed by atoms with van der Waals surface area (Å²) in [6.07, 6.45) is 7.23. The van der Waals surface area contributed by atoms with E-state index in [1.54, 1.807) is 0 Å².